The van der Waals surface area contributed by atoms with Crippen LogP contribution in [0.3, 0.4) is 0 Å². The molecule has 6 nitrogen and oxygen atoms in total. The molecule has 0 radical (unpaired) electrons. The summed E-state index contributed by atoms with van der Waals surface area (Å²) in [6.45, 7) is 2.11. The van der Waals surface area contributed by atoms with E-state index in [4.69, 9.17) is 4.42 Å². The summed E-state index contributed by atoms with van der Waals surface area (Å²) in [5.41, 5.74) is 0.273. The molecule has 0 saturated carbocycles. The van der Waals surface area contributed by atoms with E-state index in [1.54, 1.807) is 23.7 Å². The van der Waals surface area contributed by atoms with Crippen LogP contribution in [0, 0.1) is 0 Å². The van der Waals surface area contributed by atoms with Crippen molar-refractivity contribution in [1.29, 1.82) is 0 Å². The van der Waals surface area contributed by atoms with Gasteiger partial charge < -0.3 is 9.73 Å². The SMILES string of the molecule is CCc1nc2sccn2c(=O)c1C(=O)NCc1ccco1. The van der Waals surface area contributed by atoms with Gasteiger partial charge in [-0.05, 0) is 18.6 Å². The van der Waals surface area contributed by atoms with Crippen LogP contribution in [0.4, 0.5) is 0 Å². The van der Waals surface area contributed by atoms with Crippen molar-refractivity contribution in [2.24, 2.45) is 0 Å². The van der Waals surface area contributed by atoms with Crippen LogP contribution in [0.2, 0.25) is 0 Å². The van der Waals surface area contributed by atoms with Gasteiger partial charge in [0.1, 0.15) is 11.3 Å². The number of thiazole rings is 1. The minimum absolute atomic E-state index is 0.0972. The fraction of sp³-hybridized carbons (Fsp3) is 0.214. The molecule has 0 aromatic carbocycles. The molecule has 0 spiro atoms. The predicted octanol–water partition coefficient (Wildman–Crippen LogP) is 1.84. The van der Waals surface area contributed by atoms with Gasteiger partial charge >= 0.3 is 0 Å². The smallest absolute Gasteiger partial charge is 0.271 e. The summed E-state index contributed by atoms with van der Waals surface area (Å²) in [7, 11) is 0. The second-order valence-corrected chi connectivity index (χ2v) is 5.28. The number of carbonyl (C=O) groups excluding carboxylic acids is 1. The maximum atomic E-state index is 12.4. The molecule has 0 fully saturated rings. The third-order valence-electron chi connectivity index (χ3n) is 3.11. The Morgan fingerprint density at radius 2 is 2.38 bits per heavy atom. The maximum Gasteiger partial charge on any atom is 0.271 e. The van der Waals surface area contributed by atoms with Crippen LogP contribution in [0.15, 0.2) is 39.2 Å². The molecule has 0 aliphatic rings. The number of hydrogen-bond donors (Lipinski definition) is 1. The molecular weight excluding hydrogens is 290 g/mol. The number of carbonyl (C=O) groups is 1. The predicted molar refractivity (Wildman–Crippen MR) is 78.6 cm³/mol. The van der Waals surface area contributed by atoms with Gasteiger partial charge in [0.15, 0.2) is 4.96 Å². The van der Waals surface area contributed by atoms with Crippen LogP contribution in [0.1, 0.15) is 28.7 Å². The Bertz CT molecular complexity index is 833. The molecule has 108 valence electrons. The summed E-state index contributed by atoms with van der Waals surface area (Å²) in [6.07, 6.45) is 3.68. The van der Waals surface area contributed by atoms with Crippen LogP contribution >= 0.6 is 11.3 Å². The summed E-state index contributed by atoms with van der Waals surface area (Å²) < 4.78 is 6.55. The van der Waals surface area contributed by atoms with E-state index >= 15 is 0 Å². The van der Waals surface area contributed by atoms with Gasteiger partial charge in [-0.1, -0.05) is 6.92 Å². The molecule has 1 N–H and O–H groups in total. The van der Waals surface area contributed by atoms with Gasteiger partial charge in [-0.25, -0.2) is 4.98 Å². The van der Waals surface area contributed by atoms with Crippen molar-refractivity contribution >= 4 is 22.2 Å². The number of fused-ring (bicyclic) bond motifs is 1. The Labute approximate surface area is 124 Å². The number of rotatable bonds is 4. The first kappa shape index (κ1) is 13.6. The highest BCUT2D eigenvalue weighted by atomic mass is 32.1. The van der Waals surface area contributed by atoms with E-state index < -0.39 is 5.91 Å². The van der Waals surface area contributed by atoms with Gasteiger partial charge in [0.2, 0.25) is 0 Å². The average Bonchev–Trinajstić information content (AvgIpc) is 3.15. The van der Waals surface area contributed by atoms with Crippen molar-refractivity contribution in [3.05, 3.63) is 57.3 Å². The van der Waals surface area contributed by atoms with Crippen LogP contribution in [0.5, 0.6) is 0 Å². The molecule has 0 unspecified atom stereocenters. The van der Waals surface area contributed by atoms with Crippen LogP contribution in [0.25, 0.3) is 4.96 Å². The second-order valence-electron chi connectivity index (χ2n) is 4.41. The molecule has 0 saturated heterocycles. The highest BCUT2D eigenvalue weighted by Crippen LogP contribution is 2.11. The van der Waals surface area contributed by atoms with Gasteiger partial charge in [0.25, 0.3) is 11.5 Å². The lowest BCUT2D eigenvalue weighted by Crippen LogP contribution is -2.32. The van der Waals surface area contributed by atoms with Crippen LogP contribution < -0.4 is 10.9 Å². The lowest BCUT2D eigenvalue weighted by atomic mass is 10.1. The third-order valence-corrected chi connectivity index (χ3v) is 3.86. The maximum absolute atomic E-state index is 12.4. The zero-order valence-electron chi connectivity index (χ0n) is 11.3. The van der Waals surface area contributed by atoms with Crippen molar-refractivity contribution in [2.45, 2.75) is 19.9 Å². The minimum Gasteiger partial charge on any atom is -0.467 e. The number of furan rings is 1. The van der Waals surface area contributed by atoms with E-state index in [0.29, 0.717) is 22.8 Å². The van der Waals surface area contributed by atoms with Crippen molar-refractivity contribution in [2.75, 3.05) is 0 Å². The highest BCUT2D eigenvalue weighted by molar-refractivity contribution is 7.15. The number of aryl methyl sites for hydroxylation is 1. The van der Waals surface area contributed by atoms with E-state index in [2.05, 4.69) is 10.3 Å². The molecule has 0 aliphatic heterocycles. The van der Waals surface area contributed by atoms with E-state index in [1.165, 1.54) is 22.0 Å². The summed E-state index contributed by atoms with van der Waals surface area (Å²) in [6, 6.07) is 3.50. The Morgan fingerprint density at radius 3 is 3.10 bits per heavy atom. The zero-order valence-corrected chi connectivity index (χ0v) is 12.1. The van der Waals surface area contributed by atoms with Crippen molar-refractivity contribution in [3.63, 3.8) is 0 Å². The molecule has 0 aliphatic carbocycles. The monoisotopic (exact) mass is 303 g/mol. The summed E-state index contributed by atoms with van der Waals surface area (Å²) in [4.78, 5) is 29.7. The molecule has 1 amide bonds. The van der Waals surface area contributed by atoms with Gasteiger partial charge in [-0.2, -0.15) is 0 Å². The first-order valence-corrected chi connectivity index (χ1v) is 7.38. The van der Waals surface area contributed by atoms with Gasteiger partial charge in [0, 0.05) is 11.6 Å². The largest absolute Gasteiger partial charge is 0.467 e. The first-order valence-electron chi connectivity index (χ1n) is 6.50. The molecule has 21 heavy (non-hydrogen) atoms. The zero-order chi connectivity index (χ0) is 14.8. The van der Waals surface area contributed by atoms with Crippen LogP contribution in [-0.4, -0.2) is 15.3 Å². The third kappa shape index (κ3) is 2.47. The molecule has 3 aromatic rings. The highest BCUT2D eigenvalue weighted by Gasteiger charge is 2.19. The van der Waals surface area contributed by atoms with Crippen molar-refractivity contribution < 1.29 is 9.21 Å². The van der Waals surface area contributed by atoms with E-state index in [0.717, 1.165) is 0 Å². The topological polar surface area (TPSA) is 76.6 Å². The fourth-order valence-corrected chi connectivity index (χ4v) is 2.80. The fourth-order valence-electron chi connectivity index (χ4n) is 2.08. The summed E-state index contributed by atoms with van der Waals surface area (Å²) in [5.74, 6) is 0.201. The normalized spacial score (nSPS) is 10.9. The summed E-state index contributed by atoms with van der Waals surface area (Å²) >= 11 is 1.37. The number of nitrogens with one attached hydrogen (secondary N) is 1. The quantitative estimate of drug-likeness (QED) is 0.798. The molecule has 0 bridgehead atoms. The number of hydrogen-bond acceptors (Lipinski definition) is 5. The lowest BCUT2D eigenvalue weighted by molar-refractivity contribution is 0.0945. The average molecular weight is 303 g/mol. The molecule has 3 rings (SSSR count). The standard InChI is InChI=1S/C14H13N3O3S/c1-2-10-11(12(18)15-8-9-4-3-6-20-9)13(19)17-5-7-21-14(17)16-10/h3-7H,2,8H2,1H3,(H,15,18). The van der Waals surface area contributed by atoms with Gasteiger partial charge in [-0.3, -0.25) is 14.0 Å². The van der Waals surface area contributed by atoms with E-state index in [1.807, 2.05) is 6.92 Å². The Hall–Kier alpha value is -2.41. The van der Waals surface area contributed by atoms with Crippen molar-refractivity contribution in [1.82, 2.24) is 14.7 Å². The molecule has 3 aromatic heterocycles. The Morgan fingerprint density at radius 1 is 1.52 bits per heavy atom. The van der Waals surface area contributed by atoms with E-state index in [-0.39, 0.29) is 17.7 Å². The first-order chi connectivity index (χ1) is 10.2. The van der Waals surface area contributed by atoms with Gasteiger partial charge in [-0.15, -0.1) is 11.3 Å². The van der Waals surface area contributed by atoms with Gasteiger partial charge in [0.05, 0.1) is 18.5 Å². The summed E-state index contributed by atoms with van der Waals surface area (Å²) in [5, 5.41) is 4.46. The number of aromatic nitrogens is 2. The molecule has 0 atom stereocenters. The molecule has 3 heterocycles. The molecular formula is C14H13N3O3S. The number of amides is 1. The number of nitrogens with zero attached hydrogens (tertiary/aromatic N) is 2. The molecule has 7 heteroatoms. The lowest BCUT2D eigenvalue weighted by Gasteiger charge is -2.07. The Balaban J connectivity index is 1.96. The van der Waals surface area contributed by atoms with Crippen molar-refractivity contribution in [3.8, 4) is 0 Å². The van der Waals surface area contributed by atoms with E-state index in [9.17, 15) is 9.59 Å². The second kappa shape index (κ2) is 5.53. The minimum atomic E-state index is -0.429. The van der Waals surface area contributed by atoms with Crippen LogP contribution in [-0.2, 0) is 13.0 Å². The Kier molecular flexibility index (Phi) is 3.57.